The van der Waals surface area contributed by atoms with Gasteiger partial charge in [-0.2, -0.15) is 0 Å². The van der Waals surface area contributed by atoms with Crippen LogP contribution in [-0.2, 0) is 0 Å². The Kier molecular flexibility index (Phi) is 4.87. The number of hydrogen-bond acceptors (Lipinski definition) is 4. The highest BCUT2D eigenvalue weighted by Crippen LogP contribution is 2.15. The lowest BCUT2D eigenvalue weighted by Gasteiger charge is -2.10. The number of amides is 1. The second-order valence-electron chi connectivity index (χ2n) is 4.90. The first-order chi connectivity index (χ1) is 10.1. The molecule has 0 fully saturated rings. The first kappa shape index (κ1) is 15.0. The van der Waals surface area contributed by atoms with Gasteiger partial charge in [0.05, 0.1) is 11.4 Å². The van der Waals surface area contributed by atoms with Crippen molar-refractivity contribution in [2.45, 2.75) is 27.2 Å². The number of pyridine rings is 2. The van der Waals surface area contributed by atoms with E-state index in [9.17, 15) is 4.79 Å². The van der Waals surface area contributed by atoms with Gasteiger partial charge in [0.15, 0.2) is 0 Å². The van der Waals surface area contributed by atoms with Crippen molar-refractivity contribution < 1.29 is 4.79 Å². The van der Waals surface area contributed by atoms with Crippen LogP contribution < -0.4 is 10.6 Å². The van der Waals surface area contributed by atoms with Crippen molar-refractivity contribution in [2.24, 2.45) is 0 Å². The number of anilines is 2. The number of aromatic nitrogens is 2. The van der Waals surface area contributed by atoms with Gasteiger partial charge in [0.25, 0.3) is 5.91 Å². The maximum atomic E-state index is 12.4. The normalized spacial score (nSPS) is 10.2. The molecule has 5 nitrogen and oxygen atoms in total. The van der Waals surface area contributed by atoms with Gasteiger partial charge >= 0.3 is 0 Å². The number of carbonyl (C=O) groups excluding carboxylic acids is 1. The van der Waals surface area contributed by atoms with E-state index in [0.29, 0.717) is 5.56 Å². The van der Waals surface area contributed by atoms with E-state index < -0.39 is 0 Å². The zero-order chi connectivity index (χ0) is 15.2. The Morgan fingerprint density at radius 3 is 2.81 bits per heavy atom. The van der Waals surface area contributed by atoms with Gasteiger partial charge in [-0.25, -0.2) is 4.98 Å². The van der Waals surface area contributed by atoms with E-state index in [4.69, 9.17) is 0 Å². The van der Waals surface area contributed by atoms with Gasteiger partial charge in [0.1, 0.15) is 5.82 Å². The Balaban J connectivity index is 2.19. The molecule has 0 radical (unpaired) electrons. The number of nitrogens with zero attached hydrogens (tertiary/aromatic N) is 2. The zero-order valence-corrected chi connectivity index (χ0v) is 12.6. The Morgan fingerprint density at radius 1 is 1.29 bits per heavy atom. The van der Waals surface area contributed by atoms with E-state index in [1.165, 1.54) is 0 Å². The summed E-state index contributed by atoms with van der Waals surface area (Å²) in [5, 5.41) is 6.08. The molecule has 2 N–H and O–H groups in total. The lowest BCUT2D eigenvalue weighted by molar-refractivity contribution is 0.102. The molecule has 5 heteroatoms. The molecular formula is C16H20N4O. The van der Waals surface area contributed by atoms with Gasteiger partial charge < -0.3 is 10.6 Å². The van der Waals surface area contributed by atoms with Crippen LogP contribution in [0.5, 0.6) is 0 Å². The van der Waals surface area contributed by atoms with Crippen molar-refractivity contribution in [3.05, 3.63) is 47.4 Å². The summed E-state index contributed by atoms with van der Waals surface area (Å²) in [5.41, 5.74) is 2.91. The highest BCUT2D eigenvalue weighted by atomic mass is 16.1. The zero-order valence-electron chi connectivity index (χ0n) is 12.6. The van der Waals surface area contributed by atoms with E-state index >= 15 is 0 Å². The second-order valence-corrected chi connectivity index (χ2v) is 4.90. The van der Waals surface area contributed by atoms with Crippen LogP contribution in [0.25, 0.3) is 0 Å². The first-order valence-corrected chi connectivity index (χ1v) is 7.05. The third-order valence-corrected chi connectivity index (χ3v) is 3.03. The molecule has 0 unspecified atom stereocenters. The molecule has 0 aliphatic heterocycles. The predicted molar refractivity (Wildman–Crippen MR) is 84.7 cm³/mol. The smallest absolute Gasteiger partial charge is 0.255 e. The highest BCUT2D eigenvalue weighted by molar-refractivity contribution is 6.05. The Hall–Kier alpha value is -2.43. The standard InChI is InChI=1S/C16H20N4O/c1-4-7-18-15-10-13(9-11(2)19-15)16(21)20-14-6-5-8-17-12(14)3/h5-6,8-10H,4,7H2,1-3H3,(H,18,19)(H,20,21). The summed E-state index contributed by atoms with van der Waals surface area (Å²) in [5.74, 6) is 0.570. The van der Waals surface area contributed by atoms with Crippen LogP contribution in [0.15, 0.2) is 30.5 Å². The molecule has 1 amide bonds. The van der Waals surface area contributed by atoms with E-state index in [1.54, 1.807) is 24.4 Å². The van der Waals surface area contributed by atoms with Crippen molar-refractivity contribution in [3.63, 3.8) is 0 Å². The molecular weight excluding hydrogens is 264 g/mol. The second kappa shape index (κ2) is 6.83. The van der Waals surface area contributed by atoms with Gasteiger partial charge in [-0.1, -0.05) is 6.92 Å². The maximum absolute atomic E-state index is 12.4. The minimum atomic E-state index is -0.156. The summed E-state index contributed by atoms with van der Waals surface area (Å²) in [7, 11) is 0. The molecule has 0 saturated carbocycles. The lowest BCUT2D eigenvalue weighted by Crippen LogP contribution is -2.14. The average Bonchev–Trinajstić information content (AvgIpc) is 2.47. The topological polar surface area (TPSA) is 66.9 Å². The number of hydrogen-bond donors (Lipinski definition) is 2. The van der Waals surface area contributed by atoms with Crippen molar-refractivity contribution in [3.8, 4) is 0 Å². The van der Waals surface area contributed by atoms with Crippen LogP contribution in [0.1, 0.15) is 35.1 Å². The average molecular weight is 284 g/mol. The molecule has 0 aliphatic rings. The number of nitrogens with one attached hydrogen (secondary N) is 2. The number of rotatable bonds is 5. The minimum absolute atomic E-state index is 0.156. The SMILES string of the molecule is CCCNc1cc(C(=O)Nc2cccnc2C)cc(C)n1. The maximum Gasteiger partial charge on any atom is 0.255 e. The van der Waals surface area contributed by atoms with Crippen molar-refractivity contribution in [1.29, 1.82) is 0 Å². The van der Waals surface area contributed by atoms with Crippen LogP contribution >= 0.6 is 0 Å². The number of aryl methyl sites for hydroxylation is 2. The minimum Gasteiger partial charge on any atom is -0.370 e. The molecule has 0 saturated heterocycles. The van der Waals surface area contributed by atoms with Crippen LogP contribution in [0, 0.1) is 13.8 Å². The summed E-state index contributed by atoms with van der Waals surface area (Å²) in [6.45, 7) is 6.66. The van der Waals surface area contributed by atoms with Gasteiger partial charge in [0, 0.05) is 24.0 Å². The van der Waals surface area contributed by atoms with Crippen molar-refractivity contribution >= 4 is 17.4 Å². The fourth-order valence-electron chi connectivity index (χ4n) is 1.95. The van der Waals surface area contributed by atoms with Gasteiger partial charge in [0.2, 0.25) is 0 Å². The van der Waals surface area contributed by atoms with Crippen LogP contribution in [-0.4, -0.2) is 22.4 Å². The fraction of sp³-hybridized carbons (Fsp3) is 0.312. The van der Waals surface area contributed by atoms with Gasteiger partial charge in [-0.3, -0.25) is 9.78 Å². The monoisotopic (exact) mass is 284 g/mol. The molecule has 21 heavy (non-hydrogen) atoms. The molecule has 0 aliphatic carbocycles. The first-order valence-electron chi connectivity index (χ1n) is 7.05. The van der Waals surface area contributed by atoms with E-state index in [2.05, 4.69) is 27.5 Å². The fourth-order valence-corrected chi connectivity index (χ4v) is 1.95. The van der Waals surface area contributed by atoms with E-state index in [1.807, 2.05) is 19.9 Å². The largest absolute Gasteiger partial charge is 0.370 e. The molecule has 0 atom stereocenters. The summed E-state index contributed by atoms with van der Waals surface area (Å²) in [4.78, 5) is 20.9. The molecule has 2 aromatic heterocycles. The highest BCUT2D eigenvalue weighted by Gasteiger charge is 2.10. The van der Waals surface area contributed by atoms with Crippen LogP contribution in [0.2, 0.25) is 0 Å². The molecule has 2 heterocycles. The van der Waals surface area contributed by atoms with Gasteiger partial charge in [-0.05, 0) is 44.5 Å². The van der Waals surface area contributed by atoms with Crippen molar-refractivity contribution in [1.82, 2.24) is 9.97 Å². The summed E-state index contributed by atoms with van der Waals surface area (Å²) in [6.07, 6.45) is 2.71. The van der Waals surface area contributed by atoms with Crippen molar-refractivity contribution in [2.75, 3.05) is 17.2 Å². The molecule has 2 aromatic rings. The van der Waals surface area contributed by atoms with E-state index in [-0.39, 0.29) is 5.91 Å². The quantitative estimate of drug-likeness (QED) is 0.885. The lowest BCUT2D eigenvalue weighted by atomic mass is 10.2. The third kappa shape index (κ3) is 4.02. The molecule has 0 bridgehead atoms. The molecule has 2 rings (SSSR count). The van der Waals surface area contributed by atoms with Crippen LogP contribution in [0.3, 0.4) is 0 Å². The summed E-state index contributed by atoms with van der Waals surface area (Å²) in [6, 6.07) is 7.18. The Bertz CT molecular complexity index is 640. The Morgan fingerprint density at radius 2 is 2.10 bits per heavy atom. The number of carbonyl (C=O) groups is 1. The van der Waals surface area contributed by atoms with Crippen LogP contribution in [0.4, 0.5) is 11.5 Å². The Labute approximate surface area is 124 Å². The summed E-state index contributed by atoms with van der Waals surface area (Å²) < 4.78 is 0. The van der Waals surface area contributed by atoms with E-state index in [0.717, 1.165) is 35.9 Å². The third-order valence-electron chi connectivity index (χ3n) is 3.03. The molecule has 0 aromatic carbocycles. The molecule has 110 valence electrons. The summed E-state index contributed by atoms with van der Waals surface area (Å²) >= 11 is 0. The predicted octanol–water partition coefficient (Wildman–Crippen LogP) is 3.17. The molecule has 0 spiro atoms. The van der Waals surface area contributed by atoms with Gasteiger partial charge in [-0.15, -0.1) is 0 Å².